The molecule has 3 heteroatoms. The number of aryl methyl sites for hydroxylation is 2. The smallest absolute Gasteiger partial charge is 0.150 e. The highest BCUT2D eigenvalue weighted by Gasteiger charge is 2.11. The number of rotatable bonds is 3. The van der Waals surface area contributed by atoms with Crippen molar-refractivity contribution in [1.82, 2.24) is 0 Å². The molecule has 0 saturated heterocycles. The van der Waals surface area contributed by atoms with Crippen molar-refractivity contribution in [3.05, 3.63) is 52.0 Å². The standard InChI is InChI=1S/C16H15ClO2/c1-10-7-16(19-3)11(2)6-14(10)15-8-13(17)5-4-12(15)9-18/h4-9H,1-3H3. The molecule has 98 valence electrons. The number of carbonyl (C=O) groups excluding carboxylic acids is 1. The second-order valence-corrected chi connectivity index (χ2v) is 4.92. The zero-order valence-electron chi connectivity index (χ0n) is 11.2. The van der Waals surface area contributed by atoms with E-state index in [9.17, 15) is 4.79 Å². The van der Waals surface area contributed by atoms with Crippen LogP contribution >= 0.6 is 11.6 Å². The summed E-state index contributed by atoms with van der Waals surface area (Å²) < 4.78 is 5.30. The van der Waals surface area contributed by atoms with E-state index >= 15 is 0 Å². The Hall–Kier alpha value is -1.80. The lowest BCUT2D eigenvalue weighted by Crippen LogP contribution is -1.94. The first-order chi connectivity index (χ1) is 9.06. The van der Waals surface area contributed by atoms with Crippen molar-refractivity contribution in [3.8, 4) is 16.9 Å². The first kappa shape index (κ1) is 13.6. The number of ether oxygens (including phenoxy) is 1. The summed E-state index contributed by atoms with van der Waals surface area (Å²) in [4.78, 5) is 11.2. The maximum Gasteiger partial charge on any atom is 0.150 e. The van der Waals surface area contributed by atoms with Gasteiger partial charge in [0.05, 0.1) is 7.11 Å². The maximum absolute atomic E-state index is 11.2. The third-order valence-electron chi connectivity index (χ3n) is 3.17. The molecule has 0 unspecified atom stereocenters. The van der Waals surface area contributed by atoms with E-state index in [1.54, 1.807) is 19.2 Å². The van der Waals surface area contributed by atoms with E-state index in [-0.39, 0.29) is 0 Å². The van der Waals surface area contributed by atoms with Crippen LogP contribution in [0.3, 0.4) is 0 Å². The fraction of sp³-hybridized carbons (Fsp3) is 0.188. The van der Waals surface area contributed by atoms with Crippen molar-refractivity contribution in [2.75, 3.05) is 7.11 Å². The normalized spacial score (nSPS) is 10.3. The highest BCUT2D eigenvalue weighted by Crippen LogP contribution is 2.33. The van der Waals surface area contributed by atoms with E-state index in [1.807, 2.05) is 32.0 Å². The van der Waals surface area contributed by atoms with Crippen molar-refractivity contribution in [2.24, 2.45) is 0 Å². The van der Waals surface area contributed by atoms with Gasteiger partial charge in [-0.1, -0.05) is 11.6 Å². The number of hydrogen-bond acceptors (Lipinski definition) is 2. The van der Waals surface area contributed by atoms with Gasteiger partial charge < -0.3 is 4.74 Å². The van der Waals surface area contributed by atoms with Gasteiger partial charge in [0.1, 0.15) is 5.75 Å². The number of aldehydes is 1. The first-order valence-electron chi connectivity index (χ1n) is 5.97. The summed E-state index contributed by atoms with van der Waals surface area (Å²) in [7, 11) is 1.65. The average Bonchev–Trinajstić information content (AvgIpc) is 2.40. The minimum atomic E-state index is 0.619. The maximum atomic E-state index is 11.2. The second kappa shape index (κ2) is 5.45. The third kappa shape index (κ3) is 2.64. The lowest BCUT2D eigenvalue weighted by Gasteiger charge is -2.13. The minimum absolute atomic E-state index is 0.619. The van der Waals surface area contributed by atoms with Crippen LogP contribution in [0.1, 0.15) is 21.5 Å². The second-order valence-electron chi connectivity index (χ2n) is 4.49. The van der Waals surface area contributed by atoms with Crippen LogP contribution in [0.25, 0.3) is 11.1 Å². The van der Waals surface area contributed by atoms with E-state index in [4.69, 9.17) is 16.3 Å². The van der Waals surface area contributed by atoms with Crippen LogP contribution in [-0.4, -0.2) is 13.4 Å². The Labute approximate surface area is 118 Å². The number of benzene rings is 2. The molecule has 0 atom stereocenters. The van der Waals surface area contributed by atoms with Crippen LogP contribution in [0.4, 0.5) is 0 Å². The van der Waals surface area contributed by atoms with Crippen LogP contribution < -0.4 is 4.74 Å². The fourth-order valence-corrected chi connectivity index (χ4v) is 2.34. The molecule has 2 rings (SSSR count). The molecule has 0 fully saturated rings. The Morgan fingerprint density at radius 3 is 2.42 bits per heavy atom. The van der Waals surface area contributed by atoms with E-state index < -0.39 is 0 Å². The molecule has 0 aliphatic heterocycles. The van der Waals surface area contributed by atoms with Gasteiger partial charge in [0.2, 0.25) is 0 Å². The van der Waals surface area contributed by atoms with E-state index in [0.717, 1.165) is 34.3 Å². The van der Waals surface area contributed by atoms with Gasteiger partial charge in [0.15, 0.2) is 6.29 Å². The minimum Gasteiger partial charge on any atom is -0.496 e. The molecule has 0 bridgehead atoms. The van der Waals surface area contributed by atoms with Gasteiger partial charge in [-0.25, -0.2) is 0 Å². The Kier molecular flexibility index (Phi) is 3.91. The van der Waals surface area contributed by atoms with Gasteiger partial charge >= 0.3 is 0 Å². The van der Waals surface area contributed by atoms with Crippen LogP contribution in [0.15, 0.2) is 30.3 Å². The summed E-state index contributed by atoms with van der Waals surface area (Å²) in [5.41, 5.74) is 4.57. The Morgan fingerprint density at radius 2 is 1.79 bits per heavy atom. The van der Waals surface area contributed by atoms with E-state index in [1.165, 1.54) is 0 Å². The van der Waals surface area contributed by atoms with Crippen molar-refractivity contribution < 1.29 is 9.53 Å². The number of halogens is 1. The Balaban J connectivity index is 2.68. The number of hydrogen-bond donors (Lipinski definition) is 0. The van der Waals surface area contributed by atoms with Gasteiger partial charge in [-0.05, 0) is 66.4 Å². The van der Waals surface area contributed by atoms with Crippen LogP contribution in [-0.2, 0) is 0 Å². The topological polar surface area (TPSA) is 26.3 Å². The predicted octanol–water partition coefficient (Wildman–Crippen LogP) is 4.44. The summed E-state index contributed by atoms with van der Waals surface area (Å²) in [6.07, 6.45) is 0.852. The molecule has 0 aliphatic rings. The van der Waals surface area contributed by atoms with Crippen molar-refractivity contribution in [1.29, 1.82) is 0 Å². The molecular formula is C16H15ClO2. The molecule has 2 nitrogen and oxygen atoms in total. The van der Waals surface area contributed by atoms with Crippen molar-refractivity contribution in [2.45, 2.75) is 13.8 Å². The fourth-order valence-electron chi connectivity index (χ4n) is 2.16. The first-order valence-corrected chi connectivity index (χ1v) is 6.35. The van der Waals surface area contributed by atoms with Crippen molar-refractivity contribution >= 4 is 17.9 Å². The molecule has 0 aromatic heterocycles. The summed E-state index contributed by atoms with van der Waals surface area (Å²) in [6.45, 7) is 3.97. The molecule has 2 aromatic carbocycles. The Morgan fingerprint density at radius 1 is 1.05 bits per heavy atom. The number of methoxy groups -OCH3 is 1. The van der Waals surface area contributed by atoms with Crippen LogP contribution in [0.2, 0.25) is 5.02 Å². The summed E-state index contributed by atoms with van der Waals surface area (Å²) >= 11 is 6.03. The molecule has 0 radical (unpaired) electrons. The highest BCUT2D eigenvalue weighted by atomic mass is 35.5. The molecule has 0 amide bonds. The van der Waals surface area contributed by atoms with Gasteiger partial charge in [-0.15, -0.1) is 0 Å². The molecule has 0 aliphatic carbocycles. The van der Waals surface area contributed by atoms with Gasteiger partial charge in [-0.3, -0.25) is 4.79 Å². The molecule has 0 N–H and O–H groups in total. The summed E-state index contributed by atoms with van der Waals surface area (Å²) in [5.74, 6) is 0.843. The molecule has 0 heterocycles. The van der Waals surface area contributed by atoms with Gasteiger partial charge in [0, 0.05) is 10.6 Å². The molecule has 2 aromatic rings. The van der Waals surface area contributed by atoms with Gasteiger partial charge in [0.25, 0.3) is 0 Å². The highest BCUT2D eigenvalue weighted by molar-refractivity contribution is 6.31. The quantitative estimate of drug-likeness (QED) is 0.773. The lowest BCUT2D eigenvalue weighted by atomic mass is 9.94. The summed E-state index contributed by atoms with van der Waals surface area (Å²) in [6, 6.07) is 9.27. The largest absolute Gasteiger partial charge is 0.496 e. The lowest BCUT2D eigenvalue weighted by molar-refractivity contribution is 0.112. The molecule has 19 heavy (non-hydrogen) atoms. The van der Waals surface area contributed by atoms with E-state index in [0.29, 0.717) is 10.6 Å². The van der Waals surface area contributed by atoms with Crippen molar-refractivity contribution in [3.63, 3.8) is 0 Å². The zero-order valence-corrected chi connectivity index (χ0v) is 11.9. The summed E-state index contributed by atoms with van der Waals surface area (Å²) in [5, 5.41) is 0.619. The predicted molar refractivity (Wildman–Crippen MR) is 78.3 cm³/mol. The monoisotopic (exact) mass is 274 g/mol. The van der Waals surface area contributed by atoms with Gasteiger partial charge in [-0.2, -0.15) is 0 Å². The molecular weight excluding hydrogens is 260 g/mol. The third-order valence-corrected chi connectivity index (χ3v) is 3.41. The van der Waals surface area contributed by atoms with Crippen LogP contribution in [0.5, 0.6) is 5.75 Å². The zero-order chi connectivity index (χ0) is 14.0. The van der Waals surface area contributed by atoms with Crippen LogP contribution in [0, 0.1) is 13.8 Å². The SMILES string of the molecule is COc1cc(C)c(-c2cc(Cl)ccc2C=O)cc1C. The average molecular weight is 275 g/mol. The van der Waals surface area contributed by atoms with E-state index in [2.05, 4.69) is 0 Å². The molecule has 0 saturated carbocycles. The Bertz CT molecular complexity index is 633. The molecule has 0 spiro atoms. The number of carbonyl (C=O) groups is 1.